The van der Waals surface area contributed by atoms with Gasteiger partial charge in [-0.05, 0) is 0 Å². The summed E-state index contributed by atoms with van der Waals surface area (Å²) in [4.78, 5) is 0. The molecule has 1 saturated carbocycles. The van der Waals surface area contributed by atoms with Gasteiger partial charge in [-0.2, -0.15) is 0 Å². The van der Waals surface area contributed by atoms with Gasteiger partial charge in [0.2, 0.25) is 0 Å². The first kappa shape index (κ1) is 16.0. The molecule has 5 nitrogen and oxygen atoms in total. The number of aromatic nitrogens is 2. The van der Waals surface area contributed by atoms with Gasteiger partial charge in [0.15, 0.2) is 0 Å². The van der Waals surface area contributed by atoms with Crippen LogP contribution in [0, 0.1) is 0 Å². The standard InChI is InChI=1S/C18H22N2O3Se/c1-18(2)17-16(19-20-24-17)12-9-14(21-3)15(10-13(12)23-18)22-11-7-5-4-6-8-11/h9-11H,4-8H2,1-3H3. The molecule has 2 aromatic rings. The summed E-state index contributed by atoms with van der Waals surface area (Å²) in [5.41, 5.74) is 1.53. The second kappa shape index (κ2) is 6.08. The van der Waals surface area contributed by atoms with Gasteiger partial charge in [0, 0.05) is 0 Å². The van der Waals surface area contributed by atoms with E-state index in [9.17, 15) is 0 Å². The SMILES string of the molecule is COc1cc2c(cc1OC1CCCCC1)OC(C)(C)c1[se]nnc1-2. The van der Waals surface area contributed by atoms with Crippen molar-refractivity contribution in [1.29, 1.82) is 0 Å². The molecule has 0 spiro atoms. The Bertz CT molecular complexity index is 751. The molecule has 4 rings (SSSR count). The first-order chi connectivity index (χ1) is 11.6. The van der Waals surface area contributed by atoms with Crippen LogP contribution >= 0.6 is 0 Å². The van der Waals surface area contributed by atoms with Crippen LogP contribution in [0.25, 0.3) is 11.3 Å². The van der Waals surface area contributed by atoms with Crippen LogP contribution in [0.3, 0.4) is 0 Å². The Morgan fingerprint density at radius 1 is 1.17 bits per heavy atom. The Hall–Kier alpha value is -1.52. The molecule has 2 heterocycles. The Morgan fingerprint density at radius 2 is 1.96 bits per heavy atom. The van der Waals surface area contributed by atoms with Crippen molar-refractivity contribution in [1.82, 2.24) is 9.19 Å². The molecule has 24 heavy (non-hydrogen) atoms. The quantitative estimate of drug-likeness (QED) is 0.747. The minimum absolute atomic E-state index is 0.0149. The number of fused-ring (bicyclic) bond motifs is 3. The van der Waals surface area contributed by atoms with Gasteiger partial charge >= 0.3 is 148 Å². The topological polar surface area (TPSA) is 53.5 Å². The molecule has 0 atom stereocenters. The average Bonchev–Trinajstić information content (AvgIpc) is 3.06. The number of rotatable bonds is 3. The minimum atomic E-state index is -0.372. The summed E-state index contributed by atoms with van der Waals surface area (Å²) < 4.78 is 23.5. The van der Waals surface area contributed by atoms with Crippen LogP contribution in [0.4, 0.5) is 0 Å². The Morgan fingerprint density at radius 3 is 2.71 bits per heavy atom. The van der Waals surface area contributed by atoms with Crippen molar-refractivity contribution in [3.8, 4) is 28.5 Å². The van der Waals surface area contributed by atoms with E-state index in [-0.39, 0.29) is 26.4 Å². The molecule has 2 aliphatic rings. The first-order valence-electron chi connectivity index (χ1n) is 8.49. The number of methoxy groups -OCH3 is 1. The zero-order valence-electron chi connectivity index (χ0n) is 14.3. The second-order valence-electron chi connectivity index (χ2n) is 6.94. The molecule has 1 aromatic carbocycles. The van der Waals surface area contributed by atoms with Gasteiger partial charge in [0.25, 0.3) is 0 Å². The first-order valence-corrected chi connectivity index (χ1v) is 10.1. The average molecular weight is 393 g/mol. The number of hydrogen-bond acceptors (Lipinski definition) is 5. The fourth-order valence-corrected chi connectivity index (χ4v) is 4.98. The fraction of sp³-hybridized carbons (Fsp3) is 0.556. The number of ether oxygens (including phenoxy) is 3. The van der Waals surface area contributed by atoms with Crippen molar-refractivity contribution in [2.24, 2.45) is 0 Å². The molecule has 6 heteroatoms. The van der Waals surface area contributed by atoms with Gasteiger partial charge in [0.1, 0.15) is 0 Å². The van der Waals surface area contributed by atoms with Gasteiger partial charge in [-0.1, -0.05) is 0 Å². The zero-order chi connectivity index (χ0) is 16.7. The maximum absolute atomic E-state index is 6.26. The van der Waals surface area contributed by atoms with E-state index in [2.05, 4.69) is 23.0 Å². The van der Waals surface area contributed by atoms with Crippen LogP contribution in [-0.2, 0) is 5.60 Å². The summed E-state index contributed by atoms with van der Waals surface area (Å²) in [7, 11) is 1.68. The van der Waals surface area contributed by atoms with Crippen molar-refractivity contribution in [2.45, 2.75) is 57.7 Å². The third-order valence-corrected chi connectivity index (χ3v) is 6.93. The molecule has 0 unspecified atom stereocenters. The van der Waals surface area contributed by atoms with Crippen LogP contribution in [0.2, 0.25) is 0 Å². The summed E-state index contributed by atoms with van der Waals surface area (Å²) in [5.74, 6) is 2.31. The molecular weight excluding hydrogens is 371 g/mol. The summed E-state index contributed by atoms with van der Waals surface area (Å²) >= 11 is 0.0149. The van der Waals surface area contributed by atoms with E-state index in [1.165, 1.54) is 23.7 Å². The van der Waals surface area contributed by atoms with Crippen LogP contribution in [-0.4, -0.2) is 37.1 Å². The third kappa shape index (κ3) is 2.72. The summed E-state index contributed by atoms with van der Waals surface area (Å²) in [6.45, 7) is 4.16. The predicted molar refractivity (Wildman–Crippen MR) is 92.1 cm³/mol. The van der Waals surface area contributed by atoms with Gasteiger partial charge in [-0.3, -0.25) is 0 Å². The van der Waals surface area contributed by atoms with Crippen LogP contribution < -0.4 is 14.2 Å². The molecule has 128 valence electrons. The summed E-state index contributed by atoms with van der Waals surface area (Å²) in [6.07, 6.45) is 6.27. The molecule has 0 saturated heterocycles. The van der Waals surface area contributed by atoms with E-state index in [0.29, 0.717) is 0 Å². The number of benzene rings is 1. The van der Waals surface area contributed by atoms with E-state index in [1.54, 1.807) is 7.11 Å². The van der Waals surface area contributed by atoms with Gasteiger partial charge in [-0.15, -0.1) is 0 Å². The fourth-order valence-electron chi connectivity index (χ4n) is 3.51. The van der Waals surface area contributed by atoms with Crippen molar-refractivity contribution in [3.05, 3.63) is 16.6 Å². The molecule has 0 amide bonds. The van der Waals surface area contributed by atoms with Crippen molar-refractivity contribution >= 4 is 14.7 Å². The Kier molecular flexibility index (Phi) is 4.05. The number of nitrogens with zero attached hydrogens (tertiary/aromatic N) is 2. The van der Waals surface area contributed by atoms with E-state index in [1.807, 2.05) is 12.1 Å². The molecule has 1 fully saturated rings. The Balaban J connectivity index is 1.74. The van der Waals surface area contributed by atoms with Crippen molar-refractivity contribution in [2.75, 3.05) is 7.11 Å². The van der Waals surface area contributed by atoms with E-state index < -0.39 is 0 Å². The number of hydrogen-bond donors (Lipinski definition) is 0. The van der Waals surface area contributed by atoms with Crippen LogP contribution in [0.1, 0.15) is 50.4 Å². The van der Waals surface area contributed by atoms with Crippen LogP contribution in [0.15, 0.2) is 12.1 Å². The van der Waals surface area contributed by atoms with Crippen LogP contribution in [0.5, 0.6) is 17.2 Å². The normalized spacial score (nSPS) is 19.1. The molecule has 1 aromatic heterocycles. The Labute approximate surface area is 148 Å². The molecule has 0 bridgehead atoms. The van der Waals surface area contributed by atoms with E-state index >= 15 is 0 Å². The second-order valence-corrected chi connectivity index (χ2v) is 8.52. The van der Waals surface area contributed by atoms with E-state index in [4.69, 9.17) is 14.2 Å². The molecule has 1 aliphatic heterocycles. The third-order valence-electron chi connectivity index (χ3n) is 4.77. The van der Waals surface area contributed by atoms with E-state index in [0.717, 1.165) is 41.3 Å². The zero-order valence-corrected chi connectivity index (χ0v) is 16.0. The van der Waals surface area contributed by atoms with Crippen molar-refractivity contribution in [3.63, 3.8) is 0 Å². The monoisotopic (exact) mass is 394 g/mol. The van der Waals surface area contributed by atoms with Gasteiger partial charge in [0.05, 0.1) is 0 Å². The summed E-state index contributed by atoms with van der Waals surface area (Å²) in [6, 6.07) is 3.95. The van der Waals surface area contributed by atoms with Crippen molar-refractivity contribution < 1.29 is 14.2 Å². The molecule has 0 N–H and O–H groups in total. The van der Waals surface area contributed by atoms with Gasteiger partial charge in [-0.25, -0.2) is 0 Å². The molecular formula is C18H22N2O3Se. The maximum atomic E-state index is 6.26. The summed E-state index contributed by atoms with van der Waals surface area (Å²) in [5, 5.41) is 4.37. The van der Waals surface area contributed by atoms with Gasteiger partial charge < -0.3 is 0 Å². The predicted octanol–water partition coefficient (Wildman–Crippen LogP) is 3.55. The molecule has 0 radical (unpaired) electrons. The molecule has 1 aliphatic carbocycles.